The van der Waals surface area contributed by atoms with E-state index >= 15 is 0 Å². The summed E-state index contributed by atoms with van der Waals surface area (Å²) < 4.78 is 4.63. The number of carbonyl (C=O) groups excluding carboxylic acids is 2. The zero-order chi connectivity index (χ0) is 12.5. The molecule has 0 fully saturated rings. The van der Waals surface area contributed by atoms with Gasteiger partial charge in [-0.25, -0.2) is 4.79 Å². The molecule has 15 heavy (non-hydrogen) atoms. The molecule has 0 aromatic heterocycles. The quantitative estimate of drug-likeness (QED) is 0.469. The molecule has 0 aromatic carbocycles. The molecule has 0 saturated heterocycles. The molecule has 0 unspecified atom stereocenters. The zero-order valence-corrected chi connectivity index (χ0v) is 9.36. The molecule has 0 aliphatic carbocycles. The van der Waals surface area contributed by atoms with Crippen molar-refractivity contribution >= 4 is 12.1 Å². The van der Waals surface area contributed by atoms with E-state index in [1.807, 2.05) is 0 Å². The van der Waals surface area contributed by atoms with E-state index < -0.39 is 12.1 Å². The highest BCUT2D eigenvalue weighted by Gasteiger charge is 2.04. The van der Waals surface area contributed by atoms with Crippen LogP contribution in [0.15, 0.2) is 12.7 Å². The average Bonchev–Trinajstić information content (AvgIpc) is 1.96. The number of aliphatic carboxylic acids is 1. The number of nitrogens with zero attached hydrogens (tertiary/aromatic N) is 1. The Morgan fingerprint density at radius 1 is 1.47 bits per heavy atom. The maximum Gasteiger partial charge on any atom is 0.404 e. The van der Waals surface area contributed by atoms with Crippen LogP contribution < -0.4 is 10.8 Å². The number of carboxylic acids is 1. The van der Waals surface area contributed by atoms with Crippen LogP contribution in [0.25, 0.3) is 0 Å². The van der Waals surface area contributed by atoms with Gasteiger partial charge in [0.05, 0.1) is 27.1 Å². The molecule has 0 radical (unpaired) electrons. The number of amides is 1. The van der Waals surface area contributed by atoms with Crippen molar-refractivity contribution in [2.45, 2.75) is 0 Å². The van der Waals surface area contributed by atoms with E-state index in [0.29, 0.717) is 4.48 Å². The summed E-state index contributed by atoms with van der Waals surface area (Å²) in [6.45, 7) is 3.56. The first-order valence-corrected chi connectivity index (χ1v) is 4.22. The summed E-state index contributed by atoms with van der Waals surface area (Å²) in [7, 11) is 5.40. The first-order chi connectivity index (χ1) is 6.69. The SMILES string of the molecule is C=CCOC(N)=O.C[N+](C)(C)CC(=O)[O-]. The lowest BCUT2D eigenvalue weighted by atomic mass is 10.5. The molecule has 0 aliphatic heterocycles. The van der Waals surface area contributed by atoms with Crippen molar-refractivity contribution < 1.29 is 23.9 Å². The predicted molar refractivity (Wildman–Crippen MR) is 53.6 cm³/mol. The standard InChI is InChI=1S/C5H11NO2.C4H7NO2/c1-6(2,3)4-5(7)8;1-2-3-7-4(5)6/h4H2,1-3H3;2H,1,3H2,(H2,5,6). The minimum absolute atomic E-state index is 0.0694. The van der Waals surface area contributed by atoms with Gasteiger partial charge in [-0.05, 0) is 0 Å². The number of carbonyl (C=O) groups is 2. The third kappa shape index (κ3) is 24.5. The van der Waals surface area contributed by atoms with Gasteiger partial charge >= 0.3 is 6.09 Å². The van der Waals surface area contributed by atoms with Gasteiger partial charge in [0.25, 0.3) is 0 Å². The topological polar surface area (TPSA) is 92.5 Å². The average molecular weight is 218 g/mol. The number of carboxylic acid groups (broad SMARTS) is 1. The summed E-state index contributed by atoms with van der Waals surface area (Å²) in [4.78, 5) is 19.6. The molecule has 0 spiro atoms. The Balaban J connectivity index is 0. The Bertz CT molecular complexity index is 221. The number of likely N-dealkylation sites (N-methyl/N-ethyl adjacent to an activating group) is 1. The van der Waals surface area contributed by atoms with Gasteiger partial charge in [-0.15, -0.1) is 0 Å². The van der Waals surface area contributed by atoms with Crippen molar-refractivity contribution in [2.24, 2.45) is 5.73 Å². The van der Waals surface area contributed by atoms with E-state index in [9.17, 15) is 14.7 Å². The van der Waals surface area contributed by atoms with E-state index in [1.165, 1.54) is 6.08 Å². The third-order valence-electron chi connectivity index (χ3n) is 0.947. The predicted octanol–water partition coefficient (Wildman–Crippen LogP) is -1.29. The summed E-state index contributed by atoms with van der Waals surface area (Å²) >= 11 is 0. The fraction of sp³-hybridized carbons (Fsp3) is 0.556. The number of quaternary nitrogens is 1. The zero-order valence-electron chi connectivity index (χ0n) is 9.36. The van der Waals surface area contributed by atoms with Crippen LogP contribution in [0.5, 0.6) is 0 Å². The van der Waals surface area contributed by atoms with Crippen molar-refractivity contribution in [3.05, 3.63) is 12.7 Å². The number of primary amides is 1. The van der Waals surface area contributed by atoms with Gasteiger partial charge < -0.3 is 24.9 Å². The van der Waals surface area contributed by atoms with Crippen LogP contribution in [0.3, 0.4) is 0 Å². The lowest BCUT2D eigenvalue weighted by Gasteiger charge is -2.23. The second-order valence-electron chi connectivity index (χ2n) is 3.74. The van der Waals surface area contributed by atoms with Crippen LogP contribution >= 0.6 is 0 Å². The molecule has 0 rings (SSSR count). The molecule has 6 heteroatoms. The second kappa shape index (κ2) is 7.81. The fourth-order valence-corrected chi connectivity index (χ4v) is 0.528. The first kappa shape index (κ1) is 15.9. The van der Waals surface area contributed by atoms with Crippen LogP contribution in [-0.2, 0) is 9.53 Å². The molecular weight excluding hydrogens is 200 g/mol. The van der Waals surface area contributed by atoms with Crippen molar-refractivity contribution in [3.63, 3.8) is 0 Å². The van der Waals surface area contributed by atoms with E-state index in [1.54, 1.807) is 21.1 Å². The minimum Gasteiger partial charge on any atom is -0.544 e. The smallest absolute Gasteiger partial charge is 0.404 e. The highest BCUT2D eigenvalue weighted by molar-refractivity contribution is 5.65. The van der Waals surface area contributed by atoms with Gasteiger partial charge in [-0.1, -0.05) is 12.7 Å². The number of ether oxygens (including phenoxy) is 1. The van der Waals surface area contributed by atoms with Crippen molar-refractivity contribution in [2.75, 3.05) is 34.3 Å². The van der Waals surface area contributed by atoms with E-state index in [2.05, 4.69) is 17.0 Å². The van der Waals surface area contributed by atoms with Gasteiger partial charge in [-0.3, -0.25) is 0 Å². The van der Waals surface area contributed by atoms with Gasteiger partial charge in [0.1, 0.15) is 13.2 Å². The van der Waals surface area contributed by atoms with Gasteiger partial charge in [0.15, 0.2) is 0 Å². The number of hydrogen-bond acceptors (Lipinski definition) is 4. The highest BCUT2D eigenvalue weighted by Crippen LogP contribution is 1.84. The molecule has 0 aromatic rings. The molecule has 0 heterocycles. The first-order valence-electron chi connectivity index (χ1n) is 4.22. The maximum atomic E-state index is 9.89. The fourth-order valence-electron chi connectivity index (χ4n) is 0.528. The second-order valence-corrected chi connectivity index (χ2v) is 3.74. The largest absolute Gasteiger partial charge is 0.544 e. The summed E-state index contributed by atoms with van der Waals surface area (Å²) in [5.41, 5.74) is 4.57. The van der Waals surface area contributed by atoms with Crippen LogP contribution in [0.4, 0.5) is 4.79 Å². The van der Waals surface area contributed by atoms with E-state index in [4.69, 9.17) is 0 Å². The van der Waals surface area contributed by atoms with Gasteiger partial charge in [-0.2, -0.15) is 0 Å². The van der Waals surface area contributed by atoms with Gasteiger partial charge in [0.2, 0.25) is 0 Å². The van der Waals surface area contributed by atoms with Crippen LogP contribution in [0, 0.1) is 0 Å². The van der Waals surface area contributed by atoms with Crippen LogP contribution in [0.2, 0.25) is 0 Å². The lowest BCUT2D eigenvalue weighted by molar-refractivity contribution is -0.864. The normalized spacial score (nSPS) is 9.53. The minimum atomic E-state index is -1.00. The molecule has 0 atom stereocenters. The Kier molecular flexibility index (Phi) is 8.27. The van der Waals surface area contributed by atoms with Crippen LogP contribution in [-0.4, -0.2) is 50.8 Å². The lowest BCUT2D eigenvalue weighted by Crippen LogP contribution is -2.45. The molecular formula is C9H18N2O4. The monoisotopic (exact) mass is 218 g/mol. The van der Waals surface area contributed by atoms with Crippen molar-refractivity contribution in [3.8, 4) is 0 Å². The molecule has 2 N–H and O–H groups in total. The van der Waals surface area contributed by atoms with E-state index in [0.717, 1.165) is 0 Å². The van der Waals surface area contributed by atoms with Crippen molar-refractivity contribution in [1.29, 1.82) is 0 Å². The van der Waals surface area contributed by atoms with Crippen LogP contribution in [0.1, 0.15) is 0 Å². The number of rotatable bonds is 4. The third-order valence-corrected chi connectivity index (χ3v) is 0.947. The summed E-state index contributed by atoms with van der Waals surface area (Å²) in [5, 5.41) is 9.89. The number of nitrogens with two attached hydrogens (primary N) is 1. The Hall–Kier alpha value is -1.56. The molecule has 88 valence electrons. The summed E-state index contributed by atoms with van der Waals surface area (Å²) in [6, 6.07) is 0. The molecule has 6 nitrogen and oxygen atoms in total. The molecule has 1 amide bonds. The Morgan fingerprint density at radius 3 is 2.00 bits per heavy atom. The number of hydrogen-bond donors (Lipinski definition) is 1. The highest BCUT2D eigenvalue weighted by atomic mass is 16.5. The molecule has 0 saturated carbocycles. The van der Waals surface area contributed by atoms with Crippen molar-refractivity contribution in [1.82, 2.24) is 0 Å². The van der Waals surface area contributed by atoms with E-state index in [-0.39, 0.29) is 13.2 Å². The Morgan fingerprint density at radius 2 is 1.93 bits per heavy atom. The van der Waals surface area contributed by atoms with Gasteiger partial charge in [0, 0.05) is 0 Å². The maximum absolute atomic E-state index is 9.89. The molecule has 0 aliphatic rings. The molecule has 0 bridgehead atoms. The summed E-state index contributed by atoms with van der Waals surface area (Å²) in [5.74, 6) is -1.00. The Labute approximate surface area is 89.5 Å². The summed E-state index contributed by atoms with van der Waals surface area (Å²) in [6.07, 6.45) is 0.685.